The number of nitrogens with zero attached hydrogens (tertiary/aromatic N) is 3. The number of thioether (sulfide) groups is 1. The van der Waals surface area contributed by atoms with Gasteiger partial charge in [0.25, 0.3) is 0 Å². The molecule has 0 aliphatic heterocycles. The molecule has 0 fully saturated rings. The molecule has 0 bridgehead atoms. The SMILES string of the molecule is CCNC(C)(CCCSc1ncnn1C)C(=O)OC. The molecule has 7 heteroatoms. The van der Waals surface area contributed by atoms with Crippen LogP contribution in [-0.2, 0) is 16.6 Å². The number of rotatable bonds is 8. The van der Waals surface area contributed by atoms with Crippen molar-refractivity contribution in [2.24, 2.45) is 7.05 Å². The molecule has 108 valence electrons. The standard InChI is InChI=1S/C12H22N4O2S/c1-5-14-12(2,10(17)18-4)7-6-8-19-11-13-9-15-16(11)3/h9,14H,5-8H2,1-4H3. The molecular weight excluding hydrogens is 264 g/mol. The topological polar surface area (TPSA) is 69.0 Å². The van der Waals surface area contributed by atoms with E-state index >= 15 is 0 Å². The minimum absolute atomic E-state index is 0.210. The molecule has 0 aromatic carbocycles. The van der Waals surface area contributed by atoms with Gasteiger partial charge in [0.1, 0.15) is 11.9 Å². The third-order valence-electron chi connectivity index (χ3n) is 2.92. The molecule has 6 nitrogen and oxygen atoms in total. The van der Waals surface area contributed by atoms with Gasteiger partial charge in [-0.25, -0.2) is 9.67 Å². The fourth-order valence-corrected chi connectivity index (χ4v) is 2.71. The summed E-state index contributed by atoms with van der Waals surface area (Å²) in [6, 6.07) is 0. The lowest BCUT2D eigenvalue weighted by Gasteiger charge is -2.27. The third kappa shape index (κ3) is 4.50. The van der Waals surface area contributed by atoms with Gasteiger partial charge < -0.3 is 10.1 Å². The zero-order valence-electron chi connectivity index (χ0n) is 12.0. The van der Waals surface area contributed by atoms with Gasteiger partial charge in [-0.05, 0) is 26.3 Å². The smallest absolute Gasteiger partial charge is 0.325 e. The van der Waals surface area contributed by atoms with Crippen LogP contribution >= 0.6 is 11.8 Å². The average molecular weight is 286 g/mol. The fourth-order valence-electron chi connectivity index (χ4n) is 1.88. The molecule has 1 N–H and O–H groups in total. The minimum atomic E-state index is -0.607. The second kappa shape index (κ2) is 7.49. The van der Waals surface area contributed by atoms with E-state index in [-0.39, 0.29) is 5.97 Å². The number of hydrogen-bond donors (Lipinski definition) is 1. The Balaban J connectivity index is 2.40. The van der Waals surface area contributed by atoms with Crippen LogP contribution < -0.4 is 5.32 Å². The molecule has 1 aromatic heterocycles. The Morgan fingerprint density at radius 3 is 2.89 bits per heavy atom. The van der Waals surface area contributed by atoms with Crippen LogP contribution in [0.2, 0.25) is 0 Å². The van der Waals surface area contributed by atoms with Crippen molar-refractivity contribution in [1.82, 2.24) is 20.1 Å². The van der Waals surface area contributed by atoms with Crippen molar-refractivity contribution in [2.45, 2.75) is 37.4 Å². The predicted molar refractivity (Wildman–Crippen MR) is 75.1 cm³/mol. The van der Waals surface area contributed by atoms with Gasteiger partial charge in [0.15, 0.2) is 5.16 Å². The lowest BCUT2D eigenvalue weighted by atomic mass is 9.96. The maximum Gasteiger partial charge on any atom is 0.325 e. The van der Waals surface area contributed by atoms with Crippen LogP contribution in [0, 0.1) is 0 Å². The van der Waals surface area contributed by atoms with Crippen LogP contribution in [0.1, 0.15) is 26.7 Å². The summed E-state index contributed by atoms with van der Waals surface area (Å²) in [6.45, 7) is 4.60. The number of likely N-dealkylation sites (N-methyl/N-ethyl adjacent to an activating group) is 1. The molecule has 1 rings (SSSR count). The van der Waals surface area contributed by atoms with E-state index in [1.807, 2.05) is 20.9 Å². The van der Waals surface area contributed by atoms with E-state index < -0.39 is 5.54 Å². The highest BCUT2D eigenvalue weighted by atomic mass is 32.2. The van der Waals surface area contributed by atoms with Gasteiger partial charge in [0.05, 0.1) is 7.11 Å². The summed E-state index contributed by atoms with van der Waals surface area (Å²) in [5.41, 5.74) is -0.607. The summed E-state index contributed by atoms with van der Waals surface area (Å²) < 4.78 is 6.60. The Morgan fingerprint density at radius 2 is 2.37 bits per heavy atom. The van der Waals surface area contributed by atoms with Crippen molar-refractivity contribution in [3.63, 3.8) is 0 Å². The van der Waals surface area contributed by atoms with Crippen LogP contribution in [0.3, 0.4) is 0 Å². The number of nitrogens with one attached hydrogen (secondary N) is 1. The van der Waals surface area contributed by atoms with E-state index in [9.17, 15) is 4.79 Å². The first kappa shape index (κ1) is 16.0. The highest BCUT2D eigenvalue weighted by Gasteiger charge is 2.32. The quantitative estimate of drug-likeness (QED) is 0.440. The van der Waals surface area contributed by atoms with Gasteiger partial charge >= 0.3 is 5.97 Å². The van der Waals surface area contributed by atoms with Gasteiger partial charge in [-0.3, -0.25) is 4.79 Å². The third-order valence-corrected chi connectivity index (χ3v) is 4.05. The summed E-state index contributed by atoms with van der Waals surface area (Å²) in [5, 5.41) is 8.10. The van der Waals surface area contributed by atoms with Gasteiger partial charge in [-0.15, -0.1) is 0 Å². The van der Waals surface area contributed by atoms with Gasteiger partial charge in [-0.2, -0.15) is 5.10 Å². The number of hydrogen-bond acceptors (Lipinski definition) is 6. The number of aromatic nitrogens is 3. The Labute approximate surface area is 118 Å². The molecular formula is C12H22N4O2S. The molecule has 0 spiro atoms. The number of ether oxygens (including phenoxy) is 1. The molecule has 0 aliphatic rings. The van der Waals surface area contributed by atoms with Crippen molar-refractivity contribution in [2.75, 3.05) is 19.4 Å². The average Bonchev–Trinajstić information content (AvgIpc) is 2.79. The maximum atomic E-state index is 11.8. The molecule has 0 saturated heterocycles. The first-order chi connectivity index (χ1) is 9.03. The zero-order valence-corrected chi connectivity index (χ0v) is 12.8. The number of aryl methyl sites for hydroxylation is 1. The largest absolute Gasteiger partial charge is 0.468 e. The predicted octanol–water partition coefficient (Wildman–Crippen LogP) is 1.23. The summed E-state index contributed by atoms with van der Waals surface area (Å²) in [4.78, 5) is 15.9. The number of carbonyl (C=O) groups is 1. The normalized spacial score (nSPS) is 14.1. The summed E-state index contributed by atoms with van der Waals surface area (Å²) in [7, 11) is 3.29. The van der Waals surface area contributed by atoms with Gasteiger partial charge in [-0.1, -0.05) is 18.7 Å². The second-order valence-corrected chi connectivity index (χ2v) is 5.53. The zero-order chi connectivity index (χ0) is 14.3. The van der Waals surface area contributed by atoms with Crippen molar-refractivity contribution in [3.05, 3.63) is 6.33 Å². The second-order valence-electron chi connectivity index (χ2n) is 4.47. The van der Waals surface area contributed by atoms with Crippen molar-refractivity contribution in [3.8, 4) is 0 Å². The minimum Gasteiger partial charge on any atom is -0.468 e. The lowest BCUT2D eigenvalue weighted by molar-refractivity contribution is -0.148. The van der Waals surface area contributed by atoms with Crippen LogP contribution in [0.4, 0.5) is 0 Å². The van der Waals surface area contributed by atoms with Gasteiger partial charge in [0, 0.05) is 12.8 Å². The van der Waals surface area contributed by atoms with Gasteiger partial charge in [0.2, 0.25) is 0 Å². The van der Waals surface area contributed by atoms with E-state index in [4.69, 9.17) is 4.74 Å². The number of esters is 1. The summed E-state index contributed by atoms with van der Waals surface area (Å²) >= 11 is 1.64. The van der Waals surface area contributed by atoms with E-state index in [2.05, 4.69) is 15.4 Å². The molecule has 1 unspecified atom stereocenters. The van der Waals surface area contributed by atoms with Crippen LogP contribution in [0.5, 0.6) is 0 Å². The summed E-state index contributed by atoms with van der Waals surface area (Å²) in [6.07, 6.45) is 3.17. The van der Waals surface area contributed by atoms with Crippen LogP contribution in [0.15, 0.2) is 11.5 Å². The van der Waals surface area contributed by atoms with Crippen LogP contribution in [0.25, 0.3) is 0 Å². The Kier molecular flexibility index (Phi) is 6.30. The first-order valence-corrected chi connectivity index (χ1v) is 7.32. The monoisotopic (exact) mass is 286 g/mol. The fraction of sp³-hybridized carbons (Fsp3) is 0.750. The van der Waals surface area contributed by atoms with Crippen molar-refractivity contribution < 1.29 is 9.53 Å². The maximum absolute atomic E-state index is 11.8. The van der Waals surface area contributed by atoms with Crippen molar-refractivity contribution >= 4 is 17.7 Å². The van der Waals surface area contributed by atoms with E-state index in [1.165, 1.54) is 7.11 Å². The number of methoxy groups -OCH3 is 1. The Hall–Kier alpha value is -1.08. The molecule has 0 aliphatic carbocycles. The highest BCUT2D eigenvalue weighted by molar-refractivity contribution is 7.99. The van der Waals surface area contributed by atoms with Crippen molar-refractivity contribution in [1.29, 1.82) is 0 Å². The molecule has 0 radical (unpaired) electrons. The molecule has 1 atom stereocenters. The Morgan fingerprint density at radius 1 is 1.63 bits per heavy atom. The molecule has 1 heterocycles. The molecule has 19 heavy (non-hydrogen) atoms. The van der Waals surface area contributed by atoms with E-state index in [0.717, 1.165) is 30.3 Å². The Bertz CT molecular complexity index is 410. The molecule has 0 saturated carbocycles. The molecule has 0 amide bonds. The lowest BCUT2D eigenvalue weighted by Crippen LogP contribution is -2.50. The highest BCUT2D eigenvalue weighted by Crippen LogP contribution is 2.20. The first-order valence-electron chi connectivity index (χ1n) is 6.33. The van der Waals surface area contributed by atoms with E-state index in [1.54, 1.807) is 22.8 Å². The van der Waals surface area contributed by atoms with E-state index in [0.29, 0.717) is 0 Å². The van der Waals surface area contributed by atoms with Crippen LogP contribution in [-0.4, -0.2) is 45.7 Å². The number of carbonyl (C=O) groups excluding carboxylic acids is 1. The molecule has 1 aromatic rings. The summed E-state index contributed by atoms with van der Waals surface area (Å²) in [5.74, 6) is 0.683.